The summed E-state index contributed by atoms with van der Waals surface area (Å²) in [5, 5.41) is 8.71. The Morgan fingerprint density at radius 3 is 2.54 bits per heavy atom. The molecule has 2 atom stereocenters. The number of nitrogens with one attached hydrogen (secondary N) is 3. The number of amides is 3. The maximum atomic E-state index is 12.1. The fourth-order valence-corrected chi connectivity index (χ4v) is 4.45. The normalized spacial score (nSPS) is 31.3. The van der Waals surface area contributed by atoms with E-state index in [4.69, 9.17) is 0 Å². The van der Waals surface area contributed by atoms with Crippen LogP contribution in [0.2, 0.25) is 0 Å². The topological polar surface area (TPSA) is 89.1 Å². The van der Waals surface area contributed by atoms with Crippen molar-refractivity contribution < 1.29 is 9.59 Å². The van der Waals surface area contributed by atoms with Gasteiger partial charge in [0.2, 0.25) is 0 Å². The zero-order valence-electron chi connectivity index (χ0n) is 16.2. The zero-order valence-corrected chi connectivity index (χ0v) is 16.2. The van der Waals surface area contributed by atoms with Crippen LogP contribution < -0.4 is 16.0 Å². The number of urea groups is 1. The minimum Gasteiger partial charge on any atom is -0.356 e. The standard InChI is InChI=1S/C18H32N6O2/c1-4-23-8-5-13(12-23)11-20-16(19-3)24-9-6-14(7-10-24)18(2)15(25)21-17(26)22-18/h13-14H,4-12H2,1-3H3,(H,19,20)(H2,21,22,25,26). The molecule has 0 bridgehead atoms. The first-order valence-electron chi connectivity index (χ1n) is 9.77. The number of likely N-dealkylation sites (tertiary alicyclic amines) is 2. The predicted molar refractivity (Wildman–Crippen MR) is 101 cm³/mol. The SMILES string of the molecule is CCN1CCC(CNC(=NC)N2CCC(C3(C)NC(=O)NC3=O)CC2)C1. The van der Waals surface area contributed by atoms with E-state index in [0.29, 0.717) is 5.92 Å². The number of hydrogen-bond acceptors (Lipinski definition) is 4. The Morgan fingerprint density at radius 1 is 1.27 bits per heavy atom. The molecule has 0 aliphatic carbocycles. The number of piperidine rings is 1. The van der Waals surface area contributed by atoms with Crippen LogP contribution in [0.25, 0.3) is 0 Å². The molecule has 0 radical (unpaired) electrons. The van der Waals surface area contributed by atoms with Gasteiger partial charge in [-0.05, 0) is 51.1 Å². The van der Waals surface area contributed by atoms with E-state index in [1.54, 1.807) is 0 Å². The molecule has 146 valence electrons. The lowest BCUT2D eigenvalue weighted by Crippen LogP contribution is -2.55. The second-order valence-electron chi connectivity index (χ2n) is 7.85. The van der Waals surface area contributed by atoms with E-state index in [0.717, 1.165) is 51.5 Å². The Kier molecular flexibility index (Phi) is 5.70. The van der Waals surface area contributed by atoms with Gasteiger partial charge in [-0.2, -0.15) is 0 Å². The molecule has 0 aromatic carbocycles. The molecule has 3 saturated heterocycles. The van der Waals surface area contributed by atoms with Gasteiger partial charge in [-0.15, -0.1) is 0 Å². The van der Waals surface area contributed by atoms with Crippen molar-refractivity contribution in [1.82, 2.24) is 25.8 Å². The Labute approximate surface area is 155 Å². The fourth-order valence-electron chi connectivity index (χ4n) is 4.45. The van der Waals surface area contributed by atoms with Crippen molar-refractivity contribution in [2.24, 2.45) is 16.8 Å². The third kappa shape index (κ3) is 3.79. The molecule has 26 heavy (non-hydrogen) atoms. The van der Waals surface area contributed by atoms with Crippen LogP contribution in [0.3, 0.4) is 0 Å². The van der Waals surface area contributed by atoms with Crippen LogP contribution in [-0.4, -0.2) is 79.6 Å². The van der Waals surface area contributed by atoms with Crippen molar-refractivity contribution in [3.63, 3.8) is 0 Å². The summed E-state index contributed by atoms with van der Waals surface area (Å²) in [6, 6.07) is -0.380. The Bertz CT molecular complexity index is 572. The molecule has 2 unspecified atom stereocenters. The Hall–Kier alpha value is -1.83. The number of rotatable bonds is 4. The summed E-state index contributed by atoms with van der Waals surface area (Å²) in [6.45, 7) is 10.2. The second kappa shape index (κ2) is 7.82. The quantitative estimate of drug-likeness (QED) is 0.377. The van der Waals surface area contributed by atoms with Gasteiger partial charge in [0.1, 0.15) is 5.54 Å². The highest BCUT2D eigenvalue weighted by atomic mass is 16.2. The van der Waals surface area contributed by atoms with Crippen LogP contribution in [0.1, 0.15) is 33.1 Å². The molecule has 3 rings (SSSR count). The van der Waals surface area contributed by atoms with Gasteiger partial charge in [0.05, 0.1) is 0 Å². The number of nitrogens with zero attached hydrogens (tertiary/aromatic N) is 3. The highest BCUT2D eigenvalue weighted by Crippen LogP contribution is 2.30. The molecule has 0 aromatic heterocycles. The molecule has 8 heteroatoms. The van der Waals surface area contributed by atoms with E-state index in [2.05, 4.69) is 37.7 Å². The lowest BCUT2D eigenvalue weighted by molar-refractivity contribution is -0.125. The minimum atomic E-state index is -0.784. The van der Waals surface area contributed by atoms with E-state index >= 15 is 0 Å². The largest absolute Gasteiger partial charge is 0.356 e. The van der Waals surface area contributed by atoms with Gasteiger partial charge < -0.3 is 20.4 Å². The molecule has 0 saturated carbocycles. The van der Waals surface area contributed by atoms with Crippen molar-refractivity contribution in [2.45, 2.75) is 38.6 Å². The van der Waals surface area contributed by atoms with Crippen LogP contribution in [-0.2, 0) is 4.79 Å². The number of carbonyl (C=O) groups excluding carboxylic acids is 2. The van der Waals surface area contributed by atoms with E-state index in [9.17, 15) is 9.59 Å². The molecule has 3 N–H and O–H groups in total. The van der Waals surface area contributed by atoms with Gasteiger partial charge in [0.25, 0.3) is 5.91 Å². The van der Waals surface area contributed by atoms with Crippen molar-refractivity contribution in [2.75, 3.05) is 46.3 Å². The maximum absolute atomic E-state index is 12.1. The number of hydrogen-bond donors (Lipinski definition) is 3. The first-order chi connectivity index (χ1) is 12.5. The summed E-state index contributed by atoms with van der Waals surface area (Å²) in [5.74, 6) is 1.57. The zero-order chi connectivity index (χ0) is 18.7. The van der Waals surface area contributed by atoms with Crippen molar-refractivity contribution in [3.05, 3.63) is 0 Å². The third-order valence-electron chi connectivity index (χ3n) is 6.26. The third-order valence-corrected chi connectivity index (χ3v) is 6.26. The van der Waals surface area contributed by atoms with Crippen LogP contribution in [0.5, 0.6) is 0 Å². The molecule has 0 aromatic rings. The molecule has 3 aliphatic heterocycles. The monoisotopic (exact) mass is 364 g/mol. The second-order valence-corrected chi connectivity index (χ2v) is 7.85. The lowest BCUT2D eigenvalue weighted by Gasteiger charge is -2.39. The average Bonchev–Trinajstić information content (AvgIpc) is 3.20. The number of guanidine groups is 1. The van der Waals surface area contributed by atoms with Crippen LogP contribution in [0.15, 0.2) is 4.99 Å². The van der Waals surface area contributed by atoms with Crippen molar-refractivity contribution in [3.8, 4) is 0 Å². The van der Waals surface area contributed by atoms with Crippen molar-refractivity contribution >= 4 is 17.9 Å². The van der Waals surface area contributed by atoms with Gasteiger partial charge >= 0.3 is 6.03 Å². The molecular formula is C18H32N6O2. The molecule has 8 nitrogen and oxygen atoms in total. The van der Waals surface area contributed by atoms with Gasteiger partial charge in [-0.25, -0.2) is 4.79 Å². The van der Waals surface area contributed by atoms with Gasteiger partial charge in [0, 0.05) is 33.2 Å². The summed E-state index contributed by atoms with van der Waals surface area (Å²) in [6.07, 6.45) is 2.96. The van der Waals surface area contributed by atoms with Gasteiger partial charge in [-0.3, -0.25) is 15.1 Å². The maximum Gasteiger partial charge on any atom is 0.322 e. The lowest BCUT2D eigenvalue weighted by atomic mass is 9.79. The van der Waals surface area contributed by atoms with E-state index in [1.165, 1.54) is 13.0 Å². The predicted octanol–water partition coefficient (Wildman–Crippen LogP) is 0.214. The van der Waals surface area contributed by atoms with E-state index in [-0.39, 0.29) is 17.9 Å². The van der Waals surface area contributed by atoms with Crippen LogP contribution >= 0.6 is 0 Å². The number of aliphatic imine (C=N–C) groups is 1. The first kappa shape index (κ1) is 18.9. The summed E-state index contributed by atoms with van der Waals surface area (Å²) in [7, 11) is 1.83. The Balaban J connectivity index is 1.49. The average molecular weight is 364 g/mol. The summed E-state index contributed by atoms with van der Waals surface area (Å²) in [5.41, 5.74) is -0.784. The molecule has 3 fully saturated rings. The molecule has 3 amide bonds. The van der Waals surface area contributed by atoms with Crippen LogP contribution in [0.4, 0.5) is 4.79 Å². The van der Waals surface area contributed by atoms with Crippen LogP contribution in [0, 0.1) is 11.8 Å². The summed E-state index contributed by atoms with van der Waals surface area (Å²) in [4.78, 5) is 32.8. The Morgan fingerprint density at radius 2 is 2.00 bits per heavy atom. The number of imide groups is 1. The first-order valence-corrected chi connectivity index (χ1v) is 9.77. The number of carbonyl (C=O) groups is 2. The van der Waals surface area contributed by atoms with E-state index in [1.807, 2.05) is 14.0 Å². The summed E-state index contributed by atoms with van der Waals surface area (Å²) < 4.78 is 0. The molecule has 3 heterocycles. The molecular weight excluding hydrogens is 332 g/mol. The highest BCUT2D eigenvalue weighted by molar-refractivity contribution is 6.07. The molecule has 3 aliphatic rings. The van der Waals surface area contributed by atoms with Crippen molar-refractivity contribution in [1.29, 1.82) is 0 Å². The van der Waals surface area contributed by atoms with Gasteiger partial charge in [-0.1, -0.05) is 6.92 Å². The smallest absolute Gasteiger partial charge is 0.322 e. The highest BCUT2D eigenvalue weighted by Gasteiger charge is 2.48. The van der Waals surface area contributed by atoms with Gasteiger partial charge in [0.15, 0.2) is 5.96 Å². The fraction of sp³-hybridized carbons (Fsp3) is 0.833. The minimum absolute atomic E-state index is 0.149. The van der Waals surface area contributed by atoms with E-state index < -0.39 is 5.54 Å². The summed E-state index contributed by atoms with van der Waals surface area (Å²) >= 11 is 0. The molecule has 0 spiro atoms.